The van der Waals surface area contributed by atoms with Crippen LogP contribution in [0, 0.1) is 6.92 Å². The summed E-state index contributed by atoms with van der Waals surface area (Å²) in [7, 11) is 0. The summed E-state index contributed by atoms with van der Waals surface area (Å²) in [6.45, 7) is 1.78. The van der Waals surface area contributed by atoms with E-state index in [-0.39, 0.29) is 25.4 Å². The van der Waals surface area contributed by atoms with Gasteiger partial charge >= 0.3 is 0 Å². The monoisotopic (exact) mass is 354 g/mol. The van der Waals surface area contributed by atoms with Crippen LogP contribution < -0.4 is 21.5 Å². The maximum absolute atomic E-state index is 11.7. The molecule has 136 valence electrons. The van der Waals surface area contributed by atoms with Crippen LogP contribution in [0.4, 0.5) is 5.69 Å². The third-order valence-electron chi connectivity index (χ3n) is 3.50. The lowest BCUT2D eigenvalue weighted by Gasteiger charge is -2.10. The number of hydrazine groups is 1. The number of hydrogen-bond acceptors (Lipinski definition) is 4. The molecule has 0 aliphatic carbocycles. The minimum absolute atomic E-state index is 0.0176. The Labute approximate surface area is 152 Å². The maximum atomic E-state index is 11.7. The SMILES string of the molecule is Cc1ccc(NCC(=O)NNC(=O)CNC(=O)Cc2ccccc2)cc1. The lowest BCUT2D eigenvalue weighted by Crippen LogP contribution is -2.48. The van der Waals surface area contributed by atoms with Gasteiger partial charge < -0.3 is 10.6 Å². The smallest absolute Gasteiger partial charge is 0.257 e. The van der Waals surface area contributed by atoms with Crippen LogP contribution in [0.15, 0.2) is 54.6 Å². The molecule has 0 atom stereocenters. The van der Waals surface area contributed by atoms with Crippen molar-refractivity contribution in [3.05, 3.63) is 65.7 Å². The summed E-state index contributed by atoms with van der Waals surface area (Å²) in [5.74, 6) is -1.16. The van der Waals surface area contributed by atoms with Crippen molar-refractivity contribution in [2.24, 2.45) is 0 Å². The van der Waals surface area contributed by atoms with E-state index in [2.05, 4.69) is 21.5 Å². The van der Waals surface area contributed by atoms with E-state index in [0.717, 1.165) is 16.8 Å². The second kappa shape index (κ2) is 9.83. The minimum Gasteiger partial charge on any atom is -0.376 e. The van der Waals surface area contributed by atoms with E-state index in [4.69, 9.17) is 0 Å². The number of anilines is 1. The molecule has 0 bridgehead atoms. The van der Waals surface area contributed by atoms with Gasteiger partial charge in [-0.1, -0.05) is 48.0 Å². The largest absolute Gasteiger partial charge is 0.376 e. The Morgan fingerprint density at radius 2 is 1.38 bits per heavy atom. The van der Waals surface area contributed by atoms with E-state index in [0.29, 0.717) is 0 Å². The first-order valence-electron chi connectivity index (χ1n) is 8.22. The molecule has 0 spiro atoms. The van der Waals surface area contributed by atoms with Crippen LogP contribution in [0.1, 0.15) is 11.1 Å². The zero-order chi connectivity index (χ0) is 18.8. The molecule has 0 saturated carbocycles. The molecule has 0 saturated heterocycles. The van der Waals surface area contributed by atoms with E-state index >= 15 is 0 Å². The van der Waals surface area contributed by atoms with Gasteiger partial charge in [-0.05, 0) is 24.6 Å². The molecular formula is C19H22N4O3. The van der Waals surface area contributed by atoms with Gasteiger partial charge in [0.2, 0.25) is 5.91 Å². The quantitative estimate of drug-likeness (QED) is 0.556. The second-order valence-corrected chi connectivity index (χ2v) is 5.76. The third-order valence-corrected chi connectivity index (χ3v) is 3.50. The first kappa shape index (κ1) is 19.0. The normalized spacial score (nSPS) is 9.88. The van der Waals surface area contributed by atoms with Crippen molar-refractivity contribution in [3.8, 4) is 0 Å². The van der Waals surface area contributed by atoms with Crippen LogP contribution in [0.2, 0.25) is 0 Å². The van der Waals surface area contributed by atoms with E-state index in [1.54, 1.807) is 0 Å². The molecular weight excluding hydrogens is 332 g/mol. The fourth-order valence-corrected chi connectivity index (χ4v) is 2.10. The summed E-state index contributed by atoms with van der Waals surface area (Å²) in [5.41, 5.74) is 7.34. The number of hydrogen-bond donors (Lipinski definition) is 4. The molecule has 0 aliphatic heterocycles. The Morgan fingerprint density at radius 1 is 0.769 bits per heavy atom. The average Bonchev–Trinajstić information content (AvgIpc) is 2.65. The van der Waals surface area contributed by atoms with Gasteiger partial charge in [-0.3, -0.25) is 25.2 Å². The molecule has 0 aromatic heterocycles. The Kier molecular flexibility index (Phi) is 7.17. The number of carbonyl (C=O) groups excluding carboxylic acids is 3. The van der Waals surface area contributed by atoms with Crippen LogP contribution in [0.25, 0.3) is 0 Å². The fraction of sp³-hybridized carbons (Fsp3) is 0.211. The Hall–Kier alpha value is -3.35. The summed E-state index contributed by atoms with van der Waals surface area (Å²) < 4.78 is 0. The van der Waals surface area contributed by atoms with Crippen LogP contribution in [-0.4, -0.2) is 30.8 Å². The summed E-state index contributed by atoms with van der Waals surface area (Å²) in [4.78, 5) is 35.1. The van der Waals surface area contributed by atoms with Gasteiger partial charge in [0.1, 0.15) is 0 Å². The molecule has 0 aliphatic rings. The molecule has 7 nitrogen and oxygen atoms in total. The zero-order valence-electron chi connectivity index (χ0n) is 14.5. The van der Waals surface area contributed by atoms with Gasteiger partial charge in [0, 0.05) is 5.69 Å². The highest BCUT2D eigenvalue weighted by molar-refractivity contribution is 5.88. The van der Waals surface area contributed by atoms with Gasteiger partial charge in [0.05, 0.1) is 19.5 Å². The maximum Gasteiger partial charge on any atom is 0.257 e. The summed E-state index contributed by atoms with van der Waals surface area (Å²) >= 11 is 0. The summed E-state index contributed by atoms with van der Waals surface area (Å²) in [5, 5.41) is 5.44. The molecule has 2 aromatic carbocycles. The van der Waals surface area contributed by atoms with Crippen LogP contribution in [-0.2, 0) is 20.8 Å². The third kappa shape index (κ3) is 7.04. The van der Waals surface area contributed by atoms with Gasteiger partial charge in [0.15, 0.2) is 0 Å². The molecule has 2 rings (SSSR count). The molecule has 2 aromatic rings. The molecule has 26 heavy (non-hydrogen) atoms. The molecule has 3 amide bonds. The number of rotatable bonds is 7. The highest BCUT2D eigenvalue weighted by Gasteiger charge is 2.07. The summed E-state index contributed by atoms with van der Waals surface area (Å²) in [6, 6.07) is 16.8. The van der Waals surface area contributed by atoms with Gasteiger partial charge in [0.25, 0.3) is 11.8 Å². The average molecular weight is 354 g/mol. The van der Waals surface area contributed by atoms with E-state index in [1.807, 2.05) is 61.5 Å². The minimum atomic E-state index is -0.505. The Morgan fingerprint density at radius 3 is 2.04 bits per heavy atom. The lowest BCUT2D eigenvalue weighted by atomic mass is 10.1. The van der Waals surface area contributed by atoms with Crippen molar-refractivity contribution in [1.82, 2.24) is 16.2 Å². The van der Waals surface area contributed by atoms with Gasteiger partial charge in [-0.15, -0.1) is 0 Å². The predicted octanol–water partition coefficient (Wildman–Crippen LogP) is 0.913. The molecule has 0 unspecified atom stereocenters. The van der Waals surface area contributed by atoms with Gasteiger partial charge in [-0.2, -0.15) is 0 Å². The van der Waals surface area contributed by atoms with Crippen molar-refractivity contribution in [3.63, 3.8) is 0 Å². The zero-order valence-corrected chi connectivity index (χ0v) is 14.5. The van der Waals surface area contributed by atoms with Crippen molar-refractivity contribution < 1.29 is 14.4 Å². The standard InChI is InChI=1S/C19H22N4O3/c1-14-7-9-16(10-8-14)20-12-18(25)22-23-19(26)13-21-17(24)11-15-5-3-2-4-6-15/h2-10,20H,11-13H2,1H3,(H,21,24)(H,22,25)(H,23,26). The topological polar surface area (TPSA) is 99.3 Å². The highest BCUT2D eigenvalue weighted by atomic mass is 16.2. The van der Waals surface area contributed by atoms with Crippen LogP contribution >= 0.6 is 0 Å². The second-order valence-electron chi connectivity index (χ2n) is 5.76. The van der Waals surface area contributed by atoms with Crippen LogP contribution in [0.3, 0.4) is 0 Å². The van der Waals surface area contributed by atoms with Crippen molar-refractivity contribution in [2.45, 2.75) is 13.3 Å². The van der Waals surface area contributed by atoms with E-state index in [1.165, 1.54) is 0 Å². The number of benzene rings is 2. The molecule has 0 radical (unpaired) electrons. The number of amides is 3. The predicted molar refractivity (Wildman–Crippen MR) is 99.1 cm³/mol. The number of carbonyl (C=O) groups is 3. The molecule has 0 fully saturated rings. The Balaban J connectivity index is 1.61. The van der Waals surface area contributed by atoms with Crippen molar-refractivity contribution >= 4 is 23.4 Å². The number of aryl methyl sites for hydroxylation is 1. The van der Waals surface area contributed by atoms with Crippen molar-refractivity contribution in [2.75, 3.05) is 18.4 Å². The molecule has 0 heterocycles. The highest BCUT2D eigenvalue weighted by Crippen LogP contribution is 2.07. The molecule has 4 N–H and O–H groups in total. The fourth-order valence-electron chi connectivity index (χ4n) is 2.10. The van der Waals surface area contributed by atoms with E-state index < -0.39 is 11.8 Å². The van der Waals surface area contributed by atoms with Crippen LogP contribution in [0.5, 0.6) is 0 Å². The molecule has 7 heteroatoms. The first-order chi connectivity index (χ1) is 12.5. The lowest BCUT2D eigenvalue weighted by molar-refractivity contribution is -0.129. The van der Waals surface area contributed by atoms with Gasteiger partial charge in [-0.25, -0.2) is 0 Å². The Bertz CT molecular complexity index is 745. The summed E-state index contributed by atoms with van der Waals surface area (Å²) in [6.07, 6.45) is 0.195. The number of nitrogens with one attached hydrogen (secondary N) is 4. The first-order valence-corrected chi connectivity index (χ1v) is 8.22. The van der Waals surface area contributed by atoms with E-state index in [9.17, 15) is 14.4 Å². The van der Waals surface area contributed by atoms with Crippen molar-refractivity contribution in [1.29, 1.82) is 0 Å².